The van der Waals surface area contributed by atoms with Crippen LogP contribution in [0.5, 0.6) is 5.75 Å². The maximum absolute atomic E-state index is 11.3. The fourth-order valence-corrected chi connectivity index (χ4v) is 2.43. The Labute approximate surface area is 121 Å². The van der Waals surface area contributed by atoms with E-state index >= 15 is 0 Å². The van der Waals surface area contributed by atoms with Crippen LogP contribution < -0.4 is 9.64 Å². The van der Waals surface area contributed by atoms with Crippen LogP contribution in [-0.4, -0.2) is 40.4 Å². The SMILES string of the molecule is O=C(O)c1cccc2c1OCC(CO)N2c1ccccn1. The van der Waals surface area contributed by atoms with Crippen molar-refractivity contribution in [1.82, 2.24) is 4.98 Å². The minimum atomic E-state index is -1.05. The van der Waals surface area contributed by atoms with E-state index in [1.165, 1.54) is 6.07 Å². The predicted molar refractivity (Wildman–Crippen MR) is 76.1 cm³/mol. The maximum Gasteiger partial charge on any atom is 0.339 e. The molecule has 1 aliphatic heterocycles. The number of carboxylic acid groups (broad SMARTS) is 1. The van der Waals surface area contributed by atoms with E-state index in [-0.39, 0.29) is 24.8 Å². The van der Waals surface area contributed by atoms with Crippen molar-refractivity contribution in [2.75, 3.05) is 18.1 Å². The molecule has 1 atom stereocenters. The summed E-state index contributed by atoms with van der Waals surface area (Å²) in [6.07, 6.45) is 1.65. The zero-order valence-corrected chi connectivity index (χ0v) is 11.1. The van der Waals surface area contributed by atoms with E-state index < -0.39 is 5.97 Å². The third-order valence-electron chi connectivity index (χ3n) is 3.38. The number of carbonyl (C=O) groups is 1. The van der Waals surface area contributed by atoms with E-state index in [4.69, 9.17) is 4.74 Å². The van der Waals surface area contributed by atoms with Crippen LogP contribution in [-0.2, 0) is 0 Å². The molecule has 1 unspecified atom stereocenters. The fraction of sp³-hybridized carbons (Fsp3) is 0.200. The number of aromatic nitrogens is 1. The van der Waals surface area contributed by atoms with Gasteiger partial charge in [-0.1, -0.05) is 12.1 Å². The molecule has 0 fully saturated rings. The summed E-state index contributed by atoms with van der Waals surface area (Å²) in [6, 6.07) is 10.1. The highest BCUT2D eigenvalue weighted by atomic mass is 16.5. The van der Waals surface area contributed by atoms with Crippen LogP contribution in [0.3, 0.4) is 0 Å². The van der Waals surface area contributed by atoms with Crippen molar-refractivity contribution in [3.8, 4) is 5.75 Å². The second kappa shape index (κ2) is 5.41. The van der Waals surface area contributed by atoms with Crippen molar-refractivity contribution in [2.45, 2.75) is 6.04 Å². The van der Waals surface area contributed by atoms with Gasteiger partial charge in [0.1, 0.15) is 18.0 Å². The van der Waals surface area contributed by atoms with Gasteiger partial charge in [-0.2, -0.15) is 0 Å². The van der Waals surface area contributed by atoms with Gasteiger partial charge in [-0.15, -0.1) is 0 Å². The number of anilines is 2. The standard InChI is InChI=1S/C15H14N2O4/c18-8-10-9-21-14-11(15(19)20)4-3-5-12(14)17(10)13-6-1-2-7-16-13/h1-7,10,18H,8-9H2,(H,19,20). The first-order valence-electron chi connectivity index (χ1n) is 6.52. The normalized spacial score (nSPS) is 17.0. The van der Waals surface area contributed by atoms with E-state index in [0.717, 1.165) is 0 Å². The number of para-hydroxylation sites is 1. The van der Waals surface area contributed by atoms with Crippen molar-refractivity contribution in [3.63, 3.8) is 0 Å². The molecule has 0 spiro atoms. The molecule has 3 rings (SSSR count). The average molecular weight is 286 g/mol. The van der Waals surface area contributed by atoms with Crippen LogP contribution in [0.1, 0.15) is 10.4 Å². The maximum atomic E-state index is 11.3. The Kier molecular flexibility index (Phi) is 3.45. The summed E-state index contributed by atoms with van der Waals surface area (Å²) in [6.45, 7) is 0.0810. The molecule has 0 saturated heterocycles. The zero-order valence-electron chi connectivity index (χ0n) is 11.1. The monoisotopic (exact) mass is 286 g/mol. The topological polar surface area (TPSA) is 82.9 Å². The summed E-state index contributed by atoms with van der Waals surface area (Å²) in [4.78, 5) is 17.4. The molecule has 2 aromatic rings. The van der Waals surface area contributed by atoms with Crippen molar-refractivity contribution in [3.05, 3.63) is 48.2 Å². The molecule has 1 aliphatic rings. The van der Waals surface area contributed by atoms with Crippen molar-refractivity contribution >= 4 is 17.5 Å². The summed E-state index contributed by atoms with van der Waals surface area (Å²) in [7, 11) is 0. The molecule has 108 valence electrons. The largest absolute Gasteiger partial charge is 0.488 e. The van der Waals surface area contributed by atoms with Crippen LogP contribution in [0.25, 0.3) is 0 Å². The van der Waals surface area contributed by atoms with Crippen molar-refractivity contribution in [2.24, 2.45) is 0 Å². The first-order valence-corrected chi connectivity index (χ1v) is 6.52. The van der Waals surface area contributed by atoms with E-state index in [9.17, 15) is 15.0 Å². The molecule has 1 aromatic carbocycles. The third-order valence-corrected chi connectivity index (χ3v) is 3.38. The molecule has 0 radical (unpaired) electrons. The lowest BCUT2D eigenvalue weighted by molar-refractivity contribution is 0.0690. The fourth-order valence-electron chi connectivity index (χ4n) is 2.43. The van der Waals surface area contributed by atoms with Gasteiger partial charge in [-0.05, 0) is 24.3 Å². The van der Waals surface area contributed by atoms with Gasteiger partial charge in [0.05, 0.1) is 18.3 Å². The van der Waals surface area contributed by atoms with Crippen molar-refractivity contribution in [1.29, 1.82) is 0 Å². The summed E-state index contributed by atoms with van der Waals surface area (Å²) in [5.41, 5.74) is 0.698. The van der Waals surface area contributed by atoms with E-state index in [1.54, 1.807) is 24.4 Å². The number of fused-ring (bicyclic) bond motifs is 1. The van der Waals surface area contributed by atoms with Gasteiger partial charge in [0.15, 0.2) is 5.75 Å². The number of pyridine rings is 1. The Morgan fingerprint density at radius 1 is 1.33 bits per heavy atom. The van der Waals surface area contributed by atoms with Crippen LogP contribution in [0.2, 0.25) is 0 Å². The highest BCUT2D eigenvalue weighted by Crippen LogP contribution is 2.40. The van der Waals surface area contributed by atoms with Crippen molar-refractivity contribution < 1.29 is 19.7 Å². The smallest absolute Gasteiger partial charge is 0.339 e. The van der Waals surface area contributed by atoms with Gasteiger partial charge in [0, 0.05) is 6.20 Å². The van der Waals surface area contributed by atoms with Gasteiger partial charge < -0.3 is 19.8 Å². The van der Waals surface area contributed by atoms with Gasteiger partial charge in [0.25, 0.3) is 0 Å². The zero-order chi connectivity index (χ0) is 14.8. The quantitative estimate of drug-likeness (QED) is 0.893. The molecule has 0 amide bonds. The van der Waals surface area contributed by atoms with Crippen LogP contribution in [0.15, 0.2) is 42.6 Å². The minimum absolute atomic E-state index is 0.102. The number of aliphatic hydroxyl groups is 1. The highest BCUT2D eigenvalue weighted by Gasteiger charge is 2.31. The summed E-state index contributed by atoms with van der Waals surface area (Å²) in [5.74, 6) is -0.0979. The Bertz CT molecular complexity index is 660. The number of rotatable bonds is 3. The number of hydrogen-bond acceptors (Lipinski definition) is 5. The molecule has 21 heavy (non-hydrogen) atoms. The molecule has 2 heterocycles. The lowest BCUT2D eigenvalue weighted by atomic mass is 10.1. The van der Waals surface area contributed by atoms with E-state index in [2.05, 4.69) is 4.98 Å². The average Bonchev–Trinajstić information content (AvgIpc) is 2.53. The predicted octanol–water partition coefficient (Wildman–Crippen LogP) is 1.67. The Morgan fingerprint density at radius 3 is 2.86 bits per heavy atom. The van der Waals surface area contributed by atoms with Gasteiger partial charge in [-0.25, -0.2) is 9.78 Å². The number of ether oxygens (including phenoxy) is 1. The minimum Gasteiger partial charge on any atom is -0.488 e. The number of nitrogens with zero attached hydrogens (tertiary/aromatic N) is 2. The Morgan fingerprint density at radius 2 is 2.19 bits per heavy atom. The van der Waals surface area contributed by atoms with Crippen LogP contribution in [0.4, 0.5) is 11.5 Å². The third kappa shape index (κ3) is 2.30. The van der Waals surface area contributed by atoms with Gasteiger partial charge in [-0.3, -0.25) is 0 Å². The molecule has 6 nitrogen and oxygen atoms in total. The number of carboxylic acids is 1. The molecular weight excluding hydrogens is 272 g/mol. The number of aromatic carboxylic acids is 1. The Balaban J connectivity index is 2.15. The molecule has 6 heteroatoms. The highest BCUT2D eigenvalue weighted by molar-refractivity contribution is 5.94. The summed E-state index contributed by atoms with van der Waals surface area (Å²) in [5, 5.41) is 18.8. The van der Waals surface area contributed by atoms with Gasteiger partial charge in [0.2, 0.25) is 0 Å². The number of aliphatic hydroxyl groups excluding tert-OH is 1. The molecule has 2 N–H and O–H groups in total. The summed E-state index contributed by atoms with van der Waals surface area (Å²) >= 11 is 0. The molecule has 0 bridgehead atoms. The Hall–Kier alpha value is -2.60. The number of benzene rings is 1. The first-order chi connectivity index (χ1) is 10.2. The summed E-state index contributed by atoms with van der Waals surface area (Å²) < 4.78 is 5.56. The second-order valence-corrected chi connectivity index (χ2v) is 4.66. The van der Waals surface area contributed by atoms with Gasteiger partial charge >= 0.3 is 5.97 Å². The number of hydrogen-bond donors (Lipinski definition) is 2. The van der Waals surface area contributed by atoms with Crippen LogP contribution >= 0.6 is 0 Å². The van der Waals surface area contributed by atoms with E-state index in [0.29, 0.717) is 17.3 Å². The lowest BCUT2D eigenvalue weighted by Crippen LogP contribution is -2.43. The van der Waals surface area contributed by atoms with Crippen LogP contribution in [0, 0.1) is 0 Å². The second-order valence-electron chi connectivity index (χ2n) is 4.66. The lowest BCUT2D eigenvalue weighted by Gasteiger charge is -2.37. The molecule has 0 saturated carbocycles. The molecular formula is C15H14N2O4. The molecule has 1 aromatic heterocycles. The molecule has 0 aliphatic carbocycles. The first kappa shape index (κ1) is 13.4. The van der Waals surface area contributed by atoms with E-state index in [1.807, 2.05) is 17.0 Å².